The molecule has 1 heterocycles. The largest absolute Gasteiger partial charge is 0.491 e. The highest BCUT2D eigenvalue weighted by Gasteiger charge is 2.21. The normalized spacial score (nSPS) is 11.5. The van der Waals surface area contributed by atoms with E-state index >= 15 is 0 Å². The predicted octanol–water partition coefficient (Wildman–Crippen LogP) is 5.30. The van der Waals surface area contributed by atoms with Crippen LogP contribution < -0.4 is 9.64 Å². The lowest BCUT2D eigenvalue weighted by Crippen LogP contribution is -2.33. The van der Waals surface area contributed by atoms with Crippen LogP contribution in [0.3, 0.4) is 0 Å². The number of carbonyl (C=O) groups excluding carboxylic acids is 1. The number of ether oxygens (including phenoxy) is 1. The third kappa shape index (κ3) is 5.37. The van der Waals surface area contributed by atoms with Crippen LogP contribution in [-0.4, -0.2) is 49.1 Å². The zero-order valence-corrected chi connectivity index (χ0v) is 19.5. The number of aromatic nitrogens is 1. The Hall–Kier alpha value is -2.44. The molecule has 0 bridgehead atoms. The molecule has 0 radical (unpaired) electrons. The van der Waals surface area contributed by atoms with Crippen molar-refractivity contribution in [2.45, 2.75) is 40.2 Å². The van der Waals surface area contributed by atoms with Crippen LogP contribution in [0.25, 0.3) is 10.2 Å². The highest BCUT2D eigenvalue weighted by atomic mass is 32.1. The van der Waals surface area contributed by atoms with Gasteiger partial charge in [0.15, 0.2) is 5.13 Å². The first kappa shape index (κ1) is 22.2. The molecule has 30 heavy (non-hydrogen) atoms. The third-order valence-electron chi connectivity index (χ3n) is 4.93. The van der Waals surface area contributed by atoms with Gasteiger partial charge in [0, 0.05) is 12.1 Å². The second kappa shape index (κ2) is 9.58. The molecule has 0 aliphatic carbocycles. The maximum atomic E-state index is 13.4. The molecule has 5 nitrogen and oxygen atoms in total. The molecule has 0 saturated carbocycles. The second-order valence-corrected chi connectivity index (χ2v) is 9.21. The maximum Gasteiger partial charge on any atom is 0.260 e. The summed E-state index contributed by atoms with van der Waals surface area (Å²) in [5, 5.41) is 0.751. The van der Waals surface area contributed by atoms with Crippen molar-refractivity contribution in [1.82, 2.24) is 9.88 Å². The van der Waals surface area contributed by atoms with Crippen molar-refractivity contribution >= 4 is 32.6 Å². The van der Waals surface area contributed by atoms with Crippen molar-refractivity contribution < 1.29 is 9.53 Å². The van der Waals surface area contributed by atoms with Gasteiger partial charge in [0.1, 0.15) is 5.75 Å². The van der Waals surface area contributed by atoms with Crippen molar-refractivity contribution in [3.05, 3.63) is 53.1 Å². The summed E-state index contributed by atoms with van der Waals surface area (Å²) in [7, 11) is 4.09. The van der Waals surface area contributed by atoms with Crippen LogP contribution in [0.15, 0.2) is 36.4 Å². The van der Waals surface area contributed by atoms with Crippen LogP contribution in [0.4, 0.5) is 5.13 Å². The molecular weight excluding hydrogens is 394 g/mol. The van der Waals surface area contributed by atoms with E-state index in [4.69, 9.17) is 9.72 Å². The minimum atomic E-state index is -0.0302. The van der Waals surface area contributed by atoms with Crippen LogP contribution in [0, 0.1) is 13.8 Å². The van der Waals surface area contributed by atoms with E-state index in [1.807, 2.05) is 57.1 Å². The van der Waals surface area contributed by atoms with Gasteiger partial charge in [-0.1, -0.05) is 11.3 Å². The summed E-state index contributed by atoms with van der Waals surface area (Å²) in [5.41, 5.74) is 4.04. The van der Waals surface area contributed by atoms with Crippen molar-refractivity contribution in [3.8, 4) is 5.75 Å². The molecule has 0 aliphatic rings. The lowest BCUT2D eigenvalue weighted by atomic mass is 10.1. The number of carbonyl (C=O) groups is 1. The number of thiazole rings is 1. The van der Waals surface area contributed by atoms with Crippen LogP contribution in [0.1, 0.15) is 41.8 Å². The molecule has 0 fully saturated rings. The minimum absolute atomic E-state index is 0.0302. The Morgan fingerprint density at radius 3 is 2.37 bits per heavy atom. The molecule has 6 heteroatoms. The Bertz CT molecular complexity index is 970. The molecule has 0 aliphatic heterocycles. The zero-order valence-electron chi connectivity index (χ0n) is 18.7. The molecule has 1 amide bonds. The number of fused-ring (bicyclic) bond motifs is 1. The number of benzene rings is 2. The van der Waals surface area contributed by atoms with E-state index in [1.165, 1.54) is 11.1 Å². The van der Waals surface area contributed by atoms with Gasteiger partial charge >= 0.3 is 0 Å². The lowest BCUT2D eigenvalue weighted by molar-refractivity contribution is 0.0986. The third-order valence-corrected chi connectivity index (χ3v) is 5.97. The highest BCUT2D eigenvalue weighted by Crippen LogP contribution is 2.32. The summed E-state index contributed by atoms with van der Waals surface area (Å²) in [5.74, 6) is 0.740. The number of hydrogen-bond acceptors (Lipinski definition) is 5. The average Bonchev–Trinajstić information content (AvgIpc) is 3.07. The number of hydrogen-bond donors (Lipinski definition) is 0. The minimum Gasteiger partial charge on any atom is -0.491 e. The van der Waals surface area contributed by atoms with Gasteiger partial charge in [0.2, 0.25) is 0 Å². The average molecular weight is 426 g/mol. The lowest BCUT2D eigenvalue weighted by Gasteiger charge is -2.21. The van der Waals surface area contributed by atoms with E-state index in [1.54, 1.807) is 11.3 Å². The number of aryl methyl sites for hydroxylation is 2. The van der Waals surface area contributed by atoms with Crippen LogP contribution in [0.5, 0.6) is 5.75 Å². The Morgan fingerprint density at radius 2 is 1.73 bits per heavy atom. The van der Waals surface area contributed by atoms with Crippen LogP contribution in [0.2, 0.25) is 0 Å². The summed E-state index contributed by atoms with van der Waals surface area (Å²) in [6.07, 6.45) is 0.977. The van der Waals surface area contributed by atoms with Gasteiger partial charge < -0.3 is 9.64 Å². The fourth-order valence-electron chi connectivity index (χ4n) is 3.22. The van der Waals surface area contributed by atoms with E-state index in [0.29, 0.717) is 12.1 Å². The van der Waals surface area contributed by atoms with E-state index in [2.05, 4.69) is 30.9 Å². The first-order valence-electron chi connectivity index (χ1n) is 10.4. The smallest absolute Gasteiger partial charge is 0.260 e. The highest BCUT2D eigenvalue weighted by molar-refractivity contribution is 7.22. The molecule has 0 saturated heterocycles. The molecule has 0 unspecified atom stereocenters. The Morgan fingerprint density at radius 1 is 1.07 bits per heavy atom. The molecule has 3 rings (SSSR count). The van der Waals surface area contributed by atoms with Gasteiger partial charge in [0.25, 0.3) is 5.91 Å². The number of anilines is 1. The number of nitrogens with zero attached hydrogens (tertiary/aromatic N) is 3. The predicted molar refractivity (Wildman–Crippen MR) is 126 cm³/mol. The molecule has 0 spiro atoms. The molecule has 0 atom stereocenters. The fourth-order valence-corrected chi connectivity index (χ4v) is 4.29. The SMILES string of the molecule is Cc1cc2nc(N(CCCN(C)C)C(=O)c3ccc(OC(C)C)cc3)sc2cc1C. The van der Waals surface area contributed by atoms with E-state index in [0.717, 1.165) is 34.1 Å². The molecule has 1 aromatic heterocycles. The maximum absolute atomic E-state index is 13.4. The van der Waals surface area contributed by atoms with Gasteiger partial charge in [-0.15, -0.1) is 0 Å². The number of amides is 1. The summed E-state index contributed by atoms with van der Waals surface area (Å²) in [4.78, 5) is 22.2. The van der Waals surface area contributed by atoms with Gasteiger partial charge in [0.05, 0.1) is 16.3 Å². The standard InChI is InChI=1S/C24H31N3O2S/c1-16(2)29-20-10-8-19(9-11-20)23(28)27(13-7-12-26(5)6)24-25-21-14-17(3)18(4)15-22(21)30-24/h8-11,14-16H,7,12-13H2,1-6H3. The Kier molecular flexibility index (Phi) is 7.10. The summed E-state index contributed by atoms with van der Waals surface area (Å²) in [6, 6.07) is 11.6. The van der Waals surface area contributed by atoms with E-state index in [9.17, 15) is 4.79 Å². The number of rotatable bonds is 8. The van der Waals surface area contributed by atoms with E-state index < -0.39 is 0 Å². The summed E-state index contributed by atoms with van der Waals surface area (Å²) in [6.45, 7) is 9.71. The molecule has 0 N–H and O–H groups in total. The van der Waals surface area contributed by atoms with Gasteiger partial charge in [-0.2, -0.15) is 0 Å². The van der Waals surface area contributed by atoms with Crippen molar-refractivity contribution in [3.63, 3.8) is 0 Å². The first-order chi connectivity index (χ1) is 14.2. The molecule has 160 valence electrons. The fraction of sp³-hybridized carbons (Fsp3) is 0.417. The van der Waals surface area contributed by atoms with Crippen molar-refractivity contribution in [2.24, 2.45) is 0 Å². The molecule has 2 aromatic carbocycles. The Balaban J connectivity index is 1.90. The first-order valence-corrected chi connectivity index (χ1v) is 11.2. The van der Waals surface area contributed by atoms with Crippen molar-refractivity contribution in [1.29, 1.82) is 0 Å². The van der Waals surface area contributed by atoms with E-state index in [-0.39, 0.29) is 12.0 Å². The monoisotopic (exact) mass is 425 g/mol. The quantitative estimate of drug-likeness (QED) is 0.491. The second-order valence-electron chi connectivity index (χ2n) is 8.21. The van der Waals surface area contributed by atoms with Crippen LogP contribution in [-0.2, 0) is 0 Å². The molecular formula is C24H31N3O2S. The zero-order chi connectivity index (χ0) is 21.8. The van der Waals surface area contributed by atoms with Gasteiger partial charge in [-0.25, -0.2) is 4.98 Å². The topological polar surface area (TPSA) is 45.7 Å². The van der Waals surface area contributed by atoms with Gasteiger partial charge in [-0.05, 0) is 102 Å². The summed E-state index contributed by atoms with van der Waals surface area (Å²) < 4.78 is 6.82. The Labute approximate surface area is 183 Å². The van der Waals surface area contributed by atoms with Gasteiger partial charge in [-0.3, -0.25) is 9.69 Å². The van der Waals surface area contributed by atoms with Crippen LogP contribution >= 0.6 is 11.3 Å². The summed E-state index contributed by atoms with van der Waals surface area (Å²) >= 11 is 1.58. The molecule has 3 aromatic rings. The van der Waals surface area contributed by atoms with Crippen molar-refractivity contribution in [2.75, 3.05) is 32.1 Å².